The van der Waals surface area contributed by atoms with E-state index in [9.17, 15) is 5.26 Å². The van der Waals surface area contributed by atoms with E-state index in [1.165, 1.54) is 16.8 Å². The summed E-state index contributed by atoms with van der Waals surface area (Å²) in [5, 5.41) is 9.49. The van der Waals surface area contributed by atoms with Crippen molar-refractivity contribution >= 4 is 5.69 Å². The third kappa shape index (κ3) is 2.16. The van der Waals surface area contributed by atoms with E-state index in [1.807, 2.05) is 6.07 Å². The van der Waals surface area contributed by atoms with E-state index in [1.54, 1.807) is 0 Å². The van der Waals surface area contributed by atoms with Gasteiger partial charge in [-0.15, -0.1) is 0 Å². The summed E-state index contributed by atoms with van der Waals surface area (Å²) in [4.78, 5) is 2.27. The second-order valence-electron chi connectivity index (χ2n) is 5.31. The number of hydrogen-bond acceptors (Lipinski definition) is 2. The van der Waals surface area contributed by atoms with Crippen LogP contribution in [0.2, 0.25) is 0 Å². The fourth-order valence-corrected chi connectivity index (χ4v) is 3.07. The fourth-order valence-electron chi connectivity index (χ4n) is 3.07. The van der Waals surface area contributed by atoms with Crippen LogP contribution in [0, 0.1) is 11.3 Å². The summed E-state index contributed by atoms with van der Waals surface area (Å²) in [6.45, 7) is 2.18. The predicted octanol–water partition coefficient (Wildman–Crippen LogP) is 4.09. The standard InChI is InChI=1S/C18H18N2/c1-14(15-7-3-2-4-8-15)20-17(13-19)12-11-16-9-5-6-10-18(16)20/h2-10,14,17H,11-12H2,1H3. The fraction of sp³-hybridized carbons (Fsp3) is 0.278. The van der Waals surface area contributed by atoms with Gasteiger partial charge in [-0.25, -0.2) is 0 Å². The van der Waals surface area contributed by atoms with E-state index >= 15 is 0 Å². The maximum Gasteiger partial charge on any atom is 0.117 e. The smallest absolute Gasteiger partial charge is 0.117 e. The Labute approximate surface area is 120 Å². The van der Waals surface area contributed by atoms with Gasteiger partial charge in [0, 0.05) is 5.69 Å². The molecule has 0 amide bonds. The van der Waals surface area contributed by atoms with Crippen molar-refractivity contribution in [3.63, 3.8) is 0 Å². The van der Waals surface area contributed by atoms with Gasteiger partial charge in [0.2, 0.25) is 0 Å². The Morgan fingerprint density at radius 3 is 2.55 bits per heavy atom. The molecule has 2 aromatic carbocycles. The molecule has 2 atom stereocenters. The lowest BCUT2D eigenvalue weighted by Crippen LogP contribution is -2.40. The molecule has 1 aliphatic rings. The Morgan fingerprint density at radius 1 is 1.10 bits per heavy atom. The van der Waals surface area contributed by atoms with Gasteiger partial charge in [0.15, 0.2) is 0 Å². The second-order valence-corrected chi connectivity index (χ2v) is 5.31. The molecule has 0 aliphatic carbocycles. The molecule has 1 aliphatic heterocycles. The van der Waals surface area contributed by atoms with E-state index in [2.05, 4.69) is 66.4 Å². The van der Waals surface area contributed by atoms with Crippen molar-refractivity contribution < 1.29 is 0 Å². The van der Waals surface area contributed by atoms with Gasteiger partial charge in [-0.05, 0) is 37.0 Å². The van der Waals surface area contributed by atoms with Crippen molar-refractivity contribution in [1.82, 2.24) is 0 Å². The van der Waals surface area contributed by atoms with Crippen LogP contribution in [-0.4, -0.2) is 6.04 Å². The van der Waals surface area contributed by atoms with Gasteiger partial charge >= 0.3 is 0 Å². The van der Waals surface area contributed by atoms with Gasteiger partial charge in [0.1, 0.15) is 6.04 Å². The topological polar surface area (TPSA) is 27.0 Å². The van der Waals surface area contributed by atoms with E-state index in [0.717, 1.165) is 12.8 Å². The van der Waals surface area contributed by atoms with Crippen molar-refractivity contribution in [3.8, 4) is 6.07 Å². The molecule has 3 rings (SSSR count). The summed E-state index contributed by atoms with van der Waals surface area (Å²) in [5.74, 6) is 0. The highest BCUT2D eigenvalue weighted by Gasteiger charge is 2.29. The monoisotopic (exact) mass is 262 g/mol. The van der Waals surface area contributed by atoms with Crippen molar-refractivity contribution in [3.05, 3.63) is 65.7 Å². The summed E-state index contributed by atoms with van der Waals surface area (Å²) >= 11 is 0. The van der Waals surface area contributed by atoms with E-state index in [0.29, 0.717) is 0 Å². The molecule has 0 fully saturated rings. The lowest BCUT2D eigenvalue weighted by Gasteiger charge is -2.40. The molecule has 0 saturated carbocycles. The minimum Gasteiger partial charge on any atom is -0.349 e. The summed E-state index contributed by atoms with van der Waals surface area (Å²) in [6, 6.07) is 21.5. The second kappa shape index (κ2) is 5.38. The molecule has 0 saturated heterocycles. The normalized spacial score (nSPS) is 19.0. The molecule has 2 aromatic rings. The van der Waals surface area contributed by atoms with Gasteiger partial charge in [-0.2, -0.15) is 5.26 Å². The van der Waals surface area contributed by atoms with E-state index < -0.39 is 0 Å². The van der Waals surface area contributed by atoms with Crippen LogP contribution < -0.4 is 4.90 Å². The molecule has 20 heavy (non-hydrogen) atoms. The zero-order valence-electron chi connectivity index (χ0n) is 11.7. The van der Waals surface area contributed by atoms with Crippen LogP contribution in [0.1, 0.15) is 30.5 Å². The zero-order chi connectivity index (χ0) is 13.9. The largest absolute Gasteiger partial charge is 0.349 e. The lowest BCUT2D eigenvalue weighted by atomic mass is 9.93. The van der Waals surface area contributed by atoms with Crippen molar-refractivity contribution in [2.24, 2.45) is 0 Å². The van der Waals surface area contributed by atoms with Crippen LogP contribution in [0.5, 0.6) is 0 Å². The number of aryl methyl sites for hydroxylation is 1. The molecule has 0 aromatic heterocycles. The highest BCUT2D eigenvalue weighted by Crippen LogP contribution is 2.36. The molecular weight excluding hydrogens is 244 g/mol. The summed E-state index contributed by atoms with van der Waals surface area (Å²) in [5.41, 5.74) is 3.81. The van der Waals surface area contributed by atoms with Crippen LogP contribution in [0.3, 0.4) is 0 Å². The molecule has 0 bridgehead atoms. The third-order valence-electron chi connectivity index (χ3n) is 4.14. The number of nitriles is 1. The Morgan fingerprint density at radius 2 is 1.80 bits per heavy atom. The number of para-hydroxylation sites is 1. The summed E-state index contributed by atoms with van der Waals surface area (Å²) < 4.78 is 0. The SMILES string of the molecule is CC(c1ccccc1)N1c2ccccc2CCC1C#N. The Kier molecular flexibility index (Phi) is 3.43. The zero-order valence-corrected chi connectivity index (χ0v) is 11.7. The average Bonchev–Trinajstić information content (AvgIpc) is 2.54. The lowest BCUT2D eigenvalue weighted by molar-refractivity contribution is 0.553. The summed E-state index contributed by atoms with van der Waals surface area (Å²) in [7, 11) is 0. The maximum absolute atomic E-state index is 9.49. The van der Waals surface area contributed by atoms with Crippen LogP contribution in [0.15, 0.2) is 54.6 Å². The Balaban J connectivity index is 2.03. The minimum absolute atomic E-state index is 0.0416. The highest BCUT2D eigenvalue weighted by molar-refractivity contribution is 5.59. The molecular formula is C18H18N2. The number of anilines is 1. The number of hydrogen-bond donors (Lipinski definition) is 0. The first-order valence-corrected chi connectivity index (χ1v) is 7.12. The van der Waals surface area contributed by atoms with Gasteiger partial charge in [-0.1, -0.05) is 48.5 Å². The van der Waals surface area contributed by atoms with Gasteiger partial charge < -0.3 is 4.90 Å². The molecule has 2 heteroatoms. The van der Waals surface area contributed by atoms with Gasteiger partial charge in [0.25, 0.3) is 0 Å². The molecule has 100 valence electrons. The third-order valence-corrected chi connectivity index (χ3v) is 4.14. The minimum atomic E-state index is -0.0416. The molecule has 2 nitrogen and oxygen atoms in total. The first-order chi connectivity index (χ1) is 9.81. The van der Waals surface area contributed by atoms with Crippen molar-refractivity contribution in [2.75, 3.05) is 4.90 Å². The quantitative estimate of drug-likeness (QED) is 0.815. The Bertz CT molecular complexity index is 627. The predicted molar refractivity (Wildman–Crippen MR) is 81.5 cm³/mol. The first kappa shape index (κ1) is 12.7. The highest BCUT2D eigenvalue weighted by atomic mass is 15.2. The molecule has 2 unspecified atom stereocenters. The van der Waals surface area contributed by atoms with E-state index in [-0.39, 0.29) is 12.1 Å². The summed E-state index contributed by atoms with van der Waals surface area (Å²) in [6.07, 6.45) is 1.90. The van der Waals surface area contributed by atoms with Crippen LogP contribution in [-0.2, 0) is 6.42 Å². The molecule has 1 heterocycles. The van der Waals surface area contributed by atoms with Crippen LogP contribution in [0.25, 0.3) is 0 Å². The number of nitrogens with zero attached hydrogens (tertiary/aromatic N) is 2. The Hall–Kier alpha value is -2.27. The number of fused-ring (bicyclic) bond motifs is 1. The van der Waals surface area contributed by atoms with Crippen molar-refractivity contribution in [1.29, 1.82) is 5.26 Å². The van der Waals surface area contributed by atoms with Crippen LogP contribution >= 0.6 is 0 Å². The molecule has 0 N–H and O–H groups in total. The van der Waals surface area contributed by atoms with Crippen molar-refractivity contribution in [2.45, 2.75) is 31.8 Å². The number of benzene rings is 2. The van der Waals surface area contributed by atoms with Gasteiger partial charge in [-0.3, -0.25) is 0 Å². The van der Waals surface area contributed by atoms with Gasteiger partial charge in [0.05, 0.1) is 12.1 Å². The maximum atomic E-state index is 9.49. The number of rotatable bonds is 2. The molecule has 0 radical (unpaired) electrons. The van der Waals surface area contributed by atoms with E-state index in [4.69, 9.17) is 0 Å². The molecule has 0 spiro atoms. The average molecular weight is 262 g/mol. The first-order valence-electron chi connectivity index (χ1n) is 7.12. The van der Waals surface area contributed by atoms with Crippen LogP contribution in [0.4, 0.5) is 5.69 Å².